The summed E-state index contributed by atoms with van der Waals surface area (Å²) in [6, 6.07) is 0. The van der Waals surface area contributed by atoms with Crippen LogP contribution in [-0.2, 0) is 9.47 Å². The number of allylic oxidation sites excluding steroid dienone is 1. The Morgan fingerprint density at radius 1 is 1.17 bits per heavy atom. The molecule has 0 radical (unpaired) electrons. The highest BCUT2D eigenvalue weighted by atomic mass is 16.7. The van der Waals surface area contributed by atoms with Crippen LogP contribution in [0.5, 0.6) is 0 Å². The van der Waals surface area contributed by atoms with Gasteiger partial charge in [0.25, 0.3) is 0 Å². The number of hydrogen-bond donors (Lipinski definition) is 2. The summed E-state index contributed by atoms with van der Waals surface area (Å²) in [6.07, 6.45) is 5.18. The van der Waals surface area contributed by atoms with Crippen molar-refractivity contribution in [1.82, 2.24) is 0 Å². The molecular formula is C20H30O4. The summed E-state index contributed by atoms with van der Waals surface area (Å²) in [4.78, 5) is 0. The number of aliphatic hydroxyl groups excluding tert-OH is 2. The fraction of sp³-hybridized carbons (Fsp3) is 0.900. The molecule has 3 saturated carbocycles. The van der Waals surface area contributed by atoms with E-state index in [0.29, 0.717) is 0 Å². The van der Waals surface area contributed by atoms with Gasteiger partial charge >= 0.3 is 0 Å². The van der Waals surface area contributed by atoms with E-state index in [1.165, 1.54) is 0 Å². The lowest BCUT2D eigenvalue weighted by atomic mass is 9.42. The zero-order valence-electron chi connectivity index (χ0n) is 15.0. The van der Waals surface area contributed by atoms with Crippen LogP contribution >= 0.6 is 0 Å². The lowest BCUT2D eigenvalue weighted by molar-refractivity contribution is -0.301. The molecule has 0 aromatic rings. The second-order valence-electron chi connectivity index (χ2n) is 10.2. The molecule has 0 aromatic heterocycles. The lowest BCUT2D eigenvalue weighted by Crippen LogP contribution is -2.68. The van der Waals surface area contributed by atoms with Gasteiger partial charge in [0.1, 0.15) is 11.7 Å². The van der Waals surface area contributed by atoms with Gasteiger partial charge in [-0.05, 0) is 42.9 Å². The van der Waals surface area contributed by atoms with Crippen molar-refractivity contribution in [2.45, 2.75) is 83.1 Å². The highest BCUT2D eigenvalue weighted by Gasteiger charge is 2.83. The van der Waals surface area contributed by atoms with Gasteiger partial charge in [0.15, 0.2) is 6.29 Å². The first-order valence-corrected chi connectivity index (χ1v) is 9.52. The van der Waals surface area contributed by atoms with Crippen molar-refractivity contribution in [1.29, 1.82) is 0 Å². The molecule has 4 nitrogen and oxygen atoms in total. The van der Waals surface area contributed by atoms with E-state index in [1.807, 2.05) is 6.08 Å². The molecule has 6 fully saturated rings. The van der Waals surface area contributed by atoms with Crippen LogP contribution in [0.2, 0.25) is 0 Å². The van der Waals surface area contributed by atoms with Crippen molar-refractivity contribution in [3.8, 4) is 0 Å². The monoisotopic (exact) mass is 334 g/mol. The summed E-state index contributed by atoms with van der Waals surface area (Å²) in [7, 11) is 0. The predicted molar refractivity (Wildman–Crippen MR) is 89.1 cm³/mol. The maximum absolute atomic E-state index is 11.3. The molecule has 4 bridgehead atoms. The van der Waals surface area contributed by atoms with Crippen molar-refractivity contribution in [3.63, 3.8) is 0 Å². The molecule has 6 aliphatic rings. The molecule has 3 aliphatic heterocycles. The summed E-state index contributed by atoms with van der Waals surface area (Å²) in [5.41, 5.74) is -0.686. The highest BCUT2D eigenvalue weighted by Crippen LogP contribution is 2.76. The van der Waals surface area contributed by atoms with Crippen LogP contribution in [0.1, 0.15) is 52.9 Å². The Kier molecular flexibility index (Phi) is 2.82. The van der Waals surface area contributed by atoms with Crippen molar-refractivity contribution in [2.75, 3.05) is 0 Å². The van der Waals surface area contributed by atoms with Gasteiger partial charge < -0.3 is 19.7 Å². The smallest absolute Gasteiger partial charge is 0.165 e. The zero-order valence-corrected chi connectivity index (χ0v) is 15.0. The zero-order chi connectivity index (χ0) is 17.1. The Morgan fingerprint density at radius 2 is 1.92 bits per heavy atom. The summed E-state index contributed by atoms with van der Waals surface area (Å²) in [5.74, 6) is 0.540. The molecular weight excluding hydrogens is 304 g/mol. The molecule has 1 unspecified atom stereocenters. The Hall–Kier alpha value is -0.420. The standard InChI is InChI=1S/C20H30O4/c1-5-18(4)7-6-12-19-9-11(21)8-17(2,3)14(19)13-15(22)20(12,10-18)24-16(19)23-13/h5,11-16,21-22H,1,6-10H2,2-4H3/t11-,12+,13-,14-,15-,16?,18-,19-,20+/m0/s1. The maximum atomic E-state index is 11.3. The molecule has 6 rings (SSSR count). The number of ether oxygens (including phenoxy) is 2. The molecule has 0 amide bonds. The van der Waals surface area contributed by atoms with E-state index >= 15 is 0 Å². The van der Waals surface area contributed by atoms with Gasteiger partial charge in [-0.15, -0.1) is 6.58 Å². The third-order valence-corrected chi connectivity index (χ3v) is 8.37. The minimum absolute atomic E-state index is 0.00505. The van der Waals surface area contributed by atoms with Crippen LogP contribution in [0.3, 0.4) is 0 Å². The van der Waals surface area contributed by atoms with Crippen LogP contribution in [0, 0.1) is 28.1 Å². The molecule has 3 heterocycles. The Morgan fingerprint density at radius 3 is 2.62 bits per heavy atom. The van der Waals surface area contributed by atoms with Crippen LogP contribution in [0.25, 0.3) is 0 Å². The van der Waals surface area contributed by atoms with E-state index < -0.39 is 11.7 Å². The largest absolute Gasteiger partial charge is 0.393 e. The SMILES string of the molecule is C=C[C@@]1(C)CC[C@H]2[C@@]3(C1)OC1O[C@H]([C@@H]3O)[C@H]3C(C)(C)C[C@H](O)C[C@@]132. The van der Waals surface area contributed by atoms with Gasteiger partial charge in [0, 0.05) is 17.3 Å². The quantitative estimate of drug-likeness (QED) is 0.724. The number of hydrogen-bond acceptors (Lipinski definition) is 4. The van der Waals surface area contributed by atoms with Crippen molar-refractivity contribution in [3.05, 3.63) is 12.7 Å². The van der Waals surface area contributed by atoms with Gasteiger partial charge in [0.05, 0.1) is 12.2 Å². The van der Waals surface area contributed by atoms with E-state index in [2.05, 4.69) is 27.4 Å². The number of aliphatic hydroxyl groups is 2. The van der Waals surface area contributed by atoms with E-state index in [-0.39, 0.29) is 46.6 Å². The average Bonchev–Trinajstić information content (AvgIpc) is 2.87. The minimum Gasteiger partial charge on any atom is -0.393 e. The molecule has 9 atom stereocenters. The summed E-state index contributed by atoms with van der Waals surface area (Å²) in [6.45, 7) is 10.7. The Balaban J connectivity index is 1.66. The van der Waals surface area contributed by atoms with E-state index in [4.69, 9.17) is 9.47 Å². The average molecular weight is 334 g/mol. The minimum atomic E-state index is -0.575. The first-order valence-electron chi connectivity index (χ1n) is 9.52. The molecule has 2 N–H and O–H groups in total. The van der Waals surface area contributed by atoms with Gasteiger partial charge in [-0.25, -0.2) is 0 Å². The Bertz CT molecular complexity index is 602. The van der Waals surface area contributed by atoms with Crippen molar-refractivity contribution < 1.29 is 19.7 Å². The third kappa shape index (κ3) is 1.52. The first-order chi connectivity index (χ1) is 11.2. The molecule has 134 valence electrons. The van der Waals surface area contributed by atoms with Gasteiger partial charge in [-0.2, -0.15) is 0 Å². The van der Waals surface area contributed by atoms with Crippen LogP contribution in [-0.4, -0.2) is 40.4 Å². The van der Waals surface area contributed by atoms with E-state index in [0.717, 1.165) is 32.1 Å². The van der Waals surface area contributed by atoms with Crippen LogP contribution < -0.4 is 0 Å². The Labute approximate surface area is 144 Å². The number of rotatable bonds is 1. The summed E-state index contributed by atoms with van der Waals surface area (Å²) < 4.78 is 12.8. The maximum Gasteiger partial charge on any atom is 0.165 e. The first kappa shape index (κ1) is 15.8. The second-order valence-corrected chi connectivity index (χ2v) is 10.2. The molecule has 24 heavy (non-hydrogen) atoms. The molecule has 2 spiro atoms. The van der Waals surface area contributed by atoms with E-state index in [9.17, 15) is 10.2 Å². The lowest BCUT2D eigenvalue weighted by Gasteiger charge is -2.62. The van der Waals surface area contributed by atoms with Gasteiger partial charge in [-0.3, -0.25) is 0 Å². The van der Waals surface area contributed by atoms with Gasteiger partial charge in [0.2, 0.25) is 0 Å². The predicted octanol–water partition coefficient (Wildman–Crippen LogP) is 2.63. The van der Waals surface area contributed by atoms with Crippen molar-refractivity contribution >= 4 is 0 Å². The van der Waals surface area contributed by atoms with Gasteiger partial charge in [-0.1, -0.05) is 26.8 Å². The topological polar surface area (TPSA) is 58.9 Å². The fourth-order valence-corrected chi connectivity index (χ4v) is 7.77. The molecule has 0 aromatic carbocycles. The summed E-state index contributed by atoms with van der Waals surface area (Å²) in [5, 5.41) is 22.0. The van der Waals surface area contributed by atoms with Crippen LogP contribution in [0.15, 0.2) is 12.7 Å². The molecule has 3 aliphatic carbocycles. The second kappa shape index (κ2) is 4.28. The third-order valence-electron chi connectivity index (χ3n) is 8.37. The highest BCUT2D eigenvalue weighted by molar-refractivity contribution is 5.29. The molecule has 3 saturated heterocycles. The summed E-state index contributed by atoms with van der Waals surface area (Å²) >= 11 is 0. The fourth-order valence-electron chi connectivity index (χ4n) is 7.77. The van der Waals surface area contributed by atoms with E-state index in [1.54, 1.807) is 0 Å². The molecule has 4 heteroatoms. The van der Waals surface area contributed by atoms with Crippen LogP contribution in [0.4, 0.5) is 0 Å². The van der Waals surface area contributed by atoms with Crippen molar-refractivity contribution in [2.24, 2.45) is 28.1 Å². The normalized spacial score (nSPS) is 63.0.